The smallest absolute Gasteiger partial charge is 0.416 e. The maximum Gasteiger partial charge on any atom is 0.416 e. The summed E-state index contributed by atoms with van der Waals surface area (Å²) in [6, 6.07) is 3.44. The quantitative estimate of drug-likeness (QED) is 0.609. The van der Waals surface area contributed by atoms with Gasteiger partial charge in [-0.1, -0.05) is 6.07 Å². The number of carbonyl (C=O) groups excluding carboxylic acids is 1. The summed E-state index contributed by atoms with van der Waals surface area (Å²) in [6.07, 6.45) is -4.14. The first-order valence-corrected chi connectivity index (χ1v) is 9.19. The van der Waals surface area contributed by atoms with E-state index in [1.54, 1.807) is 4.90 Å². The number of nitrogens with zero attached hydrogens (tertiary/aromatic N) is 1. The van der Waals surface area contributed by atoms with Gasteiger partial charge in [0.2, 0.25) is 0 Å². The molecule has 0 amide bonds. The van der Waals surface area contributed by atoms with E-state index in [0.717, 1.165) is 12.1 Å². The monoisotopic (exact) mass is 402 g/mol. The van der Waals surface area contributed by atoms with Gasteiger partial charge in [-0.2, -0.15) is 13.2 Å². The van der Waals surface area contributed by atoms with Gasteiger partial charge in [0.1, 0.15) is 0 Å². The summed E-state index contributed by atoms with van der Waals surface area (Å²) in [4.78, 5) is 13.7. The minimum Gasteiger partial charge on any atom is -0.469 e. The highest BCUT2D eigenvalue weighted by atomic mass is 19.4. The number of esters is 1. The average Bonchev–Trinajstić information content (AvgIpc) is 3.09. The van der Waals surface area contributed by atoms with Crippen LogP contribution in [-0.4, -0.2) is 51.2 Å². The van der Waals surface area contributed by atoms with E-state index in [9.17, 15) is 18.0 Å². The van der Waals surface area contributed by atoms with Crippen LogP contribution in [0, 0.1) is 5.92 Å². The fourth-order valence-electron chi connectivity index (χ4n) is 5.15. The van der Waals surface area contributed by atoms with Crippen LogP contribution in [0.5, 0.6) is 0 Å². The van der Waals surface area contributed by atoms with E-state index in [2.05, 4.69) is 5.32 Å². The molecular formula is C19H22F4N2O3. The molecule has 0 saturated carbocycles. The predicted octanol–water partition coefficient (Wildman–Crippen LogP) is 2.85. The molecule has 0 aliphatic carbocycles. The molecule has 3 aliphatic rings. The van der Waals surface area contributed by atoms with Crippen molar-refractivity contribution < 1.29 is 31.8 Å². The number of nitrogens with one attached hydrogen (secondary N) is 1. The summed E-state index contributed by atoms with van der Waals surface area (Å²) in [6.45, 7) is 0.480. The summed E-state index contributed by atoms with van der Waals surface area (Å²) in [5.41, 5.74) is -3.37. The highest BCUT2D eigenvalue weighted by Gasteiger charge is 2.68. The van der Waals surface area contributed by atoms with Crippen LogP contribution in [0.2, 0.25) is 0 Å². The largest absolute Gasteiger partial charge is 0.469 e. The Balaban J connectivity index is 1.88. The Bertz CT molecular complexity index is 802. The SMILES string of the molecule is COC(=O)C1CCN2c3cc(C(F)(F)F)ccc3C3CNC[C@]3(F)C2(OC)C1. The van der Waals surface area contributed by atoms with E-state index in [0.29, 0.717) is 17.7 Å². The number of fused-ring (bicyclic) bond motifs is 6. The van der Waals surface area contributed by atoms with Gasteiger partial charge in [0.15, 0.2) is 11.4 Å². The molecule has 0 spiro atoms. The van der Waals surface area contributed by atoms with Gasteiger partial charge < -0.3 is 19.7 Å². The maximum atomic E-state index is 16.5. The summed E-state index contributed by atoms with van der Waals surface area (Å²) in [7, 11) is 2.62. The van der Waals surface area contributed by atoms with E-state index in [1.165, 1.54) is 20.3 Å². The number of rotatable bonds is 2. The normalized spacial score (nSPS) is 34.4. The molecule has 1 aromatic rings. The number of carbonyl (C=O) groups is 1. The highest BCUT2D eigenvalue weighted by molar-refractivity contribution is 5.74. The lowest BCUT2D eigenvalue weighted by Gasteiger charge is -2.59. The molecule has 0 bridgehead atoms. The Labute approximate surface area is 160 Å². The van der Waals surface area contributed by atoms with Gasteiger partial charge in [-0.25, -0.2) is 4.39 Å². The number of benzene rings is 1. The van der Waals surface area contributed by atoms with Crippen LogP contribution in [0.15, 0.2) is 18.2 Å². The van der Waals surface area contributed by atoms with E-state index in [-0.39, 0.29) is 26.1 Å². The molecule has 4 atom stereocenters. The van der Waals surface area contributed by atoms with Gasteiger partial charge in [-0.3, -0.25) is 4.79 Å². The zero-order valence-electron chi connectivity index (χ0n) is 15.6. The molecule has 2 fully saturated rings. The number of ether oxygens (including phenoxy) is 2. The van der Waals surface area contributed by atoms with Crippen LogP contribution >= 0.6 is 0 Å². The number of hydrogen-bond acceptors (Lipinski definition) is 5. The molecule has 3 unspecified atom stereocenters. The van der Waals surface area contributed by atoms with Gasteiger partial charge >= 0.3 is 12.1 Å². The van der Waals surface area contributed by atoms with Crippen molar-refractivity contribution in [1.29, 1.82) is 0 Å². The predicted molar refractivity (Wildman–Crippen MR) is 92.7 cm³/mol. The average molecular weight is 402 g/mol. The standard InChI is InChI=1S/C19H22F4N2O3/c1-27-16(26)11-5-6-25-15-7-12(19(21,22)23)3-4-13(15)14-9-24-10-17(14,20)18(25,8-11)28-2/h3-4,7,11,14,24H,5-6,8-10H2,1-2H3/t11?,14?,17-,18?/m1/s1. The number of halogens is 4. The van der Waals surface area contributed by atoms with Crippen LogP contribution in [0.3, 0.4) is 0 Å². The first-order valence-electron chi connectivity index (χ1n) is 9.19. The second kappa shape index (κ2) is 6.32. The van der Waals surface area contributed by atoms with Gasteiger partial charge in [0.25, 0.3) is 0 Å². The lowest BCUT2D eigenvalue weighted by molar-refractivity contribution is -0.170. The number of methoxy groups -OCH3 is 2. The molecule has 9 heteroatoms. The molecule has 5 nitrogen and oxygen atoms in total. The van der Waals surface area contributed by atoms with Crippen molar-refractivity contribution in [3.63, 3.8) is 0 Å². The lowest BCUT2D eigenvalue weighted by atomic mass is 9.68. The lowest BCUT2D eigenvalue weighted by Crippen LogP contribution is -2.71. The summed E-state index contributed by atoms with van der Waals surface area (Å²) >= 11 is 0. The molecule has 1 aromatic carbocycles. The van der Waals surface area contributed by atoms with Crippen molar-refractivity contribution in [2.75, 3.05) is 38.8 Å². The van der Waals surface area contributed by atoms with Crippen LogP contribution < -0.4 is 10.2 Å². The van der Waals surface area contributed by atoms with Crippen molar-refractivity contribution in [3.05, 3.63) is 29.3 Å². The van der Waals surface area contributed by atoms with Crippen LogP contribution in [0.1, 0.15) is 29.9 Å². The molecule has 0 radical (unpaired) electrons. The van der Waals surface area contributed by atoms with Gasteiger partial charge in [-0.15, -0.1) is 0 Å². The molecule has 0 aromatic heterocycles. The van der Waals surface area contributed by atoms with Crippen LogP contribution in [0.25, 0.3) is 0 Å². The molecule has 154 valence electrons. The fourth-order valence-corrected chi connectivity index (χ4v) is 5.15. The number of alkyl halides is 4. The van der Waals surface area contributed by atoms with E-state index < -0.39 is 40.9 Å². The molecular weight excluding hydrogens is 380 g/mol. The second-order valence-corrected chi connectivity index (χ2v) is 7.67. The Morgan fingerprint density at radius 2 is 2.07 bits per heavy atom. The zero-order valence-corrected chi connectivity index (χ0v) is 15.6. The third-order valence-corrected chi connectivity index (χ3v) is 6.49. The van der Waals surface area contributed by atoms with Crippen LogP contribution in [0.4, 0.5) is 23.2 Å². The second-order valence-electron chi connectivity index (χ2n) is 7.67. The fraction of sp³-hybridized carbons (Fsp3) is 0.632. The van der Waals surface area contributed by atoms with Crippen molar-refractivity contribution in [2.24, 2.45) is 5.92 Å². The first-order chi connectivity index (χ1) is 13.2. The Morgan fingerprint density at radius 1 is 1.32 bits per heavy atom. The van der Waals surface area contributed by atoms with Crippen molar-refractivity contribution in [3.8, 4) is 0 Å². The number of piperidine rings is 1. The van der Waals surface area contributed by atoms with Crippen molar-refractivity contribution in [1.82, 2.24) is 5.32 Å². The summed E-state index contributed by atoms with van der Waals surface area (Å²) in [5, 5.41) is 3.02. The van der Waals surface area contributed by atoms with Crippen molar-refractivity contribution >= 4 is 11.7 Å². The number of anilines is 1. The zero-order chi connectivity index (χ0) is 20.3. The summed E-state index contributed by atoms with van der Waals surface area (Å²) < 4.78 is 67.0. The van der Waals surface area contributed by atoms with E-state index in [4.69, 9.17) is 9.47 Å². The third kappa shape index (κ3) is 2.48. The van der Waals surface area contributed by atoms with Gasteiger partial charge in [-0.05, 0) is 24.1 Å². The first kappa shape index (κ1) is 19.4. The van der Waals surface area contributed by atoms with Gasteiger partial charge in [0, 0.05) is 44.8 Å². The Hall–Kier alpha value is -1.87. The summed E-state index contributed by atoms with van der Waals surface area (Å²) in [5.74, 6) is -1.71. The Kier molecular flexibility index (Phi) is 4.39. The molecule has 3 heterocycles. The molecule has 1 N–H and O–H groups in total. The molecule has 28 heavy (non-hydrogen) atoms. The van der Waals surface area contributed by atoms with Crippen molar-refractivity contribution in [2.45, 2.75) is 36.3 Å². The maximum absolute atomic E-state index is 16.5. The Morgan fingerprint density at radius 3 is 2.71 bits per heavy atom. The minimum atomic E-state index is -4.51. The van der Waals surface area contributed by atoms with Crippen LogP contribution in [-0.2, 0) is 20.4 Å². The molecule has 4 rings (SSSR count). The van der Waals surface area contributed by atoms with E-state index >= 15 is 4.39 Å². The minimum absolute atomic E-state index is 0.00361. The van der Waals surface area contributed by atoms with E-state index in [1.807, 2.05) is 0 Å². The molecule has 2 saturated heterocycles. The molecule has 3 aliphatic heterocycles. The van der Waals surface area contributed by atoms with Gasteiger partial charge in [0.05, 0.1) is 18.6 Å². The highest BCUT2D eigenvalue weighted by Crippen LogP contribution is 2.58. The third-order valence-electron chi connectivity index (χ3n) is 6.49. The number of hydrogen-bond donors (Lipinski definition) is 1. The topological polar surface area (TPSA) is 50.8 Å².